The van der Waals surface area contributed by atoms with Gasteiger partial charge in [0.25, 0.3) is 0 Å². The largest absolute Gasteiger partial charge is 0.274 e. The highest BCUT2D eigenvalue weighted by molar-refractivity contribution is 7.89. The zero-order chi connectivity index (χ0) is 12.4. The number of hydrogen-bond donors (Lipinski definition) is 1. The Bertz CT molecular complexity index is 514. The molecule has 1 N–H and O–H groups in total. The summed E-state index contributed by atoms with van der Waals surface area (Å²) < 4.78 is 27.5. The Balaban J connectivity index is 3.02. The molecule has 0 aromatic carbocycles. The standard InChI is InChI=1S/C9H14N4O2S/c1-4-9(2,7-10)12-16(14,15)8-5-11-13(3)6-8/h5-6,12H,4H2,1-3H3. The van der Waals surface area contributed by atoms with Crippen molar-refractivity contribution >= 4 is 10.0 Å². The Kier molecular flexibility index (Phi) is 3.35. The van der Waals surface area contributed by atoms with Crippen LogP contribution in [0.4, 0.5) is 0 Å². The van der Waals surface area contributed by atoms with Crippen molar-refractivity contribution in [3.05, 3.63) is 12.4 Å². The summed E-state index contributed by atoms with van der Waals surface area (Å²) in [5, 5.41) is 12.7. The van der Waals surface area contributed by atoms with Crippen molar-refractivity contribution in [2.75, 3.05) is 0 Å². The lowest BCUT2D eigenvalue weighted by Gasteiger charge is -2.20. The van der Waals surface area contributed by atoms with E-state index < -0.39 is 15.6 Å². The summed E-state index contributed by atoms with van der Waals surface area (Å²) in [6.07, 6.45) is 3.02. The van der Waals surface area contributed by atoms with Crippen LogP contribution in [0, 0.1) is 11.3 Å². The molecule has 0 aliphatic carbocycles. The van der Waals surface area contributed by atoms with Gasteiger partial charge in [0, 0.05) is 13.2 Å². The van der Waals surface area contributed by atoms with Crippen LogP contribution in [0.2, 0.25) is 0 Å². The lowest BCUT2D eigenvalue weighted by atomic mass is 10.0. The third-order valence-corrected chi connectivity index (χ3v) is 3.86. The predicted octanol–water partition coefficient (Wildman–Crippen LogP) is 0.391. The van der Waals surface area contributed by atoms with E-state index in [1.165, 1.54) is 17.1 Å². The van der Waals surface area contributed by atoms with Crippen LogP contribution in [0.15, 0.2) is 17.3 Å². The summed E-state index contributed by atoms with van der Waals surface area (Å²) >= 11 is 0. The normalized spacial score (nSPS) is 15.4. The molecule has 0 radical (unpaired) electrons. The van der Waals surface area contributed by atoms with E-state index in [-0.39, 0.29) is 4.90 Å². The SMILES string of the molecule is CCC(C)(C#N)NS(=O)(=O)c1cnn(C)c1. The van der Waals surface area contributed by atoms with Crippen molar-refractivity contribution in [3.63, 3.8) is 0 Å². The van der Waals surface area contributed by atoms with Crippen molar-refractivity contribution in [3.8, 4) is 6.07 Å². The zero-order valence-corrected chi connectivity index (χ0v) is 10.2. The monoisotopic (exact) mass is 242 g/mol. The minimum Gasteiger partial charge on any atom is -0.274 e. The quantitative estimate of drug-likeness (QED) is 0.827. The first-order valence-electron chi connectivity index (χ1n) is 4.77. The second kappa shape index (κ2) is 4.23. The summed E-state index contributed by atoms with van der Waals surface area (Å²) in [5.74, 6) is 0. The van der Waals surface area contributed by atoms with E-state index in [9.17, 15) is 8.42 Å². The Morgan fingerprint density at radius 3 is 2.69 bits per heavy atom. The fourth-order valence-electron chi connectivity index (χ4n) is 1.07. The van der Waals surface area contributed by atoms with E-state index in [1.807, 2.05) is 6.07 Å². The van der Waals surface area contributed by atoms with Gasteiger partial charge in [0.05, 0.1) is 12.3 Å². The Morgan fingerprint density at radius 1 is 1.69 bits per heavy atom. The van der Waals surface area contributed by atoms with E-state index in [0.717, 1.165) is 0 Å². The van der Waals surface area contributed by atoms with Gasteiger partial charge in [0.1, 0.15) is 10.4 Å². The molecule has 0 amide bonds. The maximum atomic E-state index is 11.9. The van der Waals surface area contributed by atoms with Crippen LogP contribution in [-0.2, 0) is 17.1 Å². The lowest BCUT2D eigenvalue weighted by Crippen LogP contribution is -2.44. The summed E-state index contributed by atoms with van der Waals surface area (Å²) in [6.45, 7) is 3.29. The van der Waals surface area contributed by atoms with Gasteiger partial charge >= 0.3 is 0 Å². The number of nitriles is 1. The number of rotatable bonds is 4. The lowest BCUT2D eigenvalue weighted by molar-refractivity contribution is 0.495. The number of hydrogen-bond acceptors (Lipinski definition) is 4. The molecule has 0 aliphatic heterocycles. The maximum absolute atomic E-state index is 11.9. The summed E-state index contributed by atoms with van der Waals surface area (Å²) in [7, 11) is -2.05. The van der Waals surface area contributed by atoms with E-state index in [4.69, 9.17) is 5.26 Å². The summed E-state index contributed by atoms with van der Waals surface area (Å²) in [6, 6.07) is 1.94. The van der Waals surface area contributed by atoms with Crippen LogP contribution in [0.3, 0.4) is 0 Å². The first-order valence-corrected chi connectivity index (χ1v) is 6.25. The van der Waals surface area contributed by atoms with Gasteiger partial charge < -0.3 is 0 Å². The second-order valence-electron chi connectivity index (χ2n) is 3.75. The number of nitrogens with one attached hydrogen (secondary N) is 1. The molecule has 6 nitrogen and oxygen atoms in total. The first kappa shape index (κ1) is 12.7. The molecule has 1 aromatic heterocycles. The molecule has 16 heavy (non-hydrogen) atoms. The minimum absolute atomic E-state index is 0.0601. The third-order valence-electron chi connectivity index (χ3n) is 2.30. The molecule has 0 saturated heterocycles. The van der Waals surface area contributed by atoms with E-state index in [2.05, 4.69) is 9.82 Å². The number of nitrogens with zero attached hydrogens (tertiary/aromatic N) is 3. The number of sulfonamides is 1. The second-order valence-corrected chi connectivity index (χ2v) is 5.44. The zero-order valence-electron chi connectivity index (χ0n) is 9.43. The number of aryl methyl sites for hydroxylation is 1. The van der Waals surface area contributed by atoms with Gasteiger partial charge in [-0.3, -0.25) is 4.68 Å². The Labute approximate surface area is 94.9 Å². The van der Waals surface area contributed by atoms with Crippen LogP contribution >= 0.6 is 0 Å². The van der Waals surface area contributed by atoms with Gasteiger partial charge in [-0.15, -0.1) is 0 Å². The molecular formula is C9H14N4O2S. The van der Waals surface area contributed by atoms with Gasteiger partial charge in [-0.05, 0) is 13.3 Å². The van der Waals surface area contributed by atoms with Gasteiger partial charge in [0.2, 0.25) is 10.0 Å². The van der Waals surface area contributed by atoms with E-state index in [0.29, 0.717) is 6.42 Å². The molecule has 0 fully saturated rings. The molecule has 1 aromatic rings. The van der Waals surface area contributed by atoms with Crippen LogP contribution < -0.4 is 4.72 Å². The fraction of sp³-hybridized carbons (Fsp3) is 0.556. The molecule has 1 heterocycles. The molecule has 0 aliphatic rings. The highest BCUT2D eigenvalue weighted by Crippen LogP contribution is 2.14. The Morgan fingerprint density at radius 2 is 2.31 bits per heavy atom. The van der Waals surface area contributed by atoms with Crippen LogP contribution in [0.1, 0.15) is 20.3 Å². The Hall–Kier alpha value is -1.39. The molecule has 7 heteroatoms. The average molecular weight is 242 g/mol. The van der Waals surface area contributed by atoms with Crippen LogP contribution in [0.25, 0.3) is 0 Å². The van der Waals surface area contributed by atoms with Crippen molar-refractivity contribution in [1.29, 1.82) is 5.26 Å². The molecule has 0 saturated carbocycles. The molecule has 1 rings (SSSR count). The fourth-order valence-corrected chi connectivity index (χ4v) is 2.45. The molecular weight excluding hydrogens is 228 g/mol. The van der Waals surface area contributed by atoms with Gasteiger partial charge in [-0.2, -0.15) is 15.1 Å². The molecule has 0 bridgehead atoms. The van der Waals surface area contributed by atoms with Crippen molar-refractivity contribution in [2.24, 2.45) is 7.05 Å². The van der Waals surface area contributed by atoms with Gasteiger partial charge in [-0.25, -0.2) is 8.42 Å². The molecule has 1 atom stereocenters. The highest BCUT2D eigenvalue weighted by Gasteiger charge is 2.29. The average Bonchev–Trinajstić information content (AvgIpc) is 2.65. The van der Waals surface area contributed by atoms with Crippen molar-refractivity contribution < 1.29 is 8.42 Å². The predicted molar refractivity (Wildman–Crippen MR) is 57.8 cm³/mol. The first-order chi connectivity index (χ1) is 7.33. The van der Waals surface area contributed by atoms with Crippen LogP contribution in [0.5, 0.6) is 0 Å². The summed E-state index contributed by atoms with van der Waals surface area (Å²) in [4.78, 5) is 0.0601. The van der Waals surface area contributed by atoms with Crippen LogP contribution in [-0.4, -0.2) is 23.7 Å². The topological polar surface area (TPSA) is 87.8 Å². The third kappa shape index (κ3) is 2.59. The summed E-state index contributed by atoms with van der Waals surface area (Å²) in [5.41, 5.74) is -1.09. The van der Waals surface area contributed by atoms with Gasteiger partial charge in [0.15, 0.2) is 0 Å². The smallest absolute Gasteiger partial charge is 0.245 e. The number of aromatic nitrogens is 2. The van der Waals surface area contributed by atoms with E-state index >= 15 is 0 Å². The van der Waals surface area contributed by atoms with Crippen molar-refractivity contribution in [1.82, 2.24) is 14.5 Å². The van der Waals surface area contributed by atoms with Crippen molar-refractivity contribution in [2.45, 2.75) is 30.7 Å². The molecule has 88 valence electrons. The van der Waals surface area contributed by atoms with E-state index in [1.54, 1.807) is 20.9 Å². The maximum Gasteiger partial charge on any atom is 0.245 e. The van der Waals surface area contributed by atoms with Gasteiger partial charge in [-0.1, -0.05) is 6.92 Å². The molecule has 1 unspecified atom stereocenters. The highest BCUT2D eigenvalue weighted by atomic mass is 32.2. The molecule has 0 spiro atoms. The minimum atomic E-state index is -3.68.